The van der Waals surface area contributed by atoms with E-state index in [1.165, 1.54) is 12.1 Å². The third-order valence-electron chi connectivity index (χ3n) is 3.39. The molecule has 2 aromatic carbocycles. The Morgan fingerprint density at radius 1 is 1.17 bits per heavy atom. The average molecular weight is 318 g/mol. The Hall–Kier alpha value is -2.60. The lowest BCUT2D eigenvalue weighted by molar-refractivity contribution is 0.112. The summed E-state index contributed by atoms with van der Waals surface area (Å²) in [6, 6.07) is 11.2. The summed E-state index contributed by atoms with van der Waals surface area (Å²) in [6.07, 6.45) is 0.620. The molecule has 3 rings (SSSR count). The van der Waals surface area contributed by atoms with E-state index in [1.807, 2.05) is 4.90 Å². The molecule has 1 aliphatic rings. The average Bonchev–Trinajstić information content (AvgIpc) is 2.57. The highest BCUT2D eigenvalue weighted by Crippen LogP contribution is 2.22. The van der Waals surface area contributed by atoms with Crippen molar-refractivity contribution in [2.24, 2.45) is 0 Å². The number of carbonyl (C=O) groups excluding carboxylic acids is 1. The highest BCUT2D eigenvalue weighted by molar-refractivity contribution is 5.78. The number of nitrogens with two attached hydrogens (primary N) is 1. The molecule has 1 heterocycles. The lowest BCUT2D eigenvalue weighted by Gasteiger charge is -2.29. The maximum Gasteiger partial charge on any atom is 0.153 e. The van der Waals surface area contributed by atoms with E-state index < -0.39 is 0 Å². The molecule has 0 atom stereocenters. The Morgan fingerprint density at radius 3 is 2.43 bits per heavy atom. The molecule has 1 fully saturated rings. The van der Waals surface area contributed by atoms with Crippen LogP contribution < -0.4 is 10.6 Å². The van der Waals surface area contributed by atoms with Crippen molar-refractivity contribution >= 4 is 17.7 Å². The normalized spacial score (nSPS) is 13.9. The van der Waals surface area contributed by atoms with Crippen molar-refractivity contribution in [2.45, 2.75) is 0 Å². The van der Waals surface area contributed by atoms with Crippen LogP contribution in [0.3, 0.4) is 0 Å². The van der Waals surface area contributed by atoms with Gasteiger partial charge in [0.1, 0.15) is 11.6 Å². The summed E-state index contributed by atoms with van der Waals surface area (Å²) < 4.78 is 18.7. The predicted octanol–water partition coefficient (Wildman–Crippen LogP) is 2.45. The van der Waals surface area contributed by atoms with Gasteiger partial charge < -0.3 is 20.5 Å². The number of halogens is 1. The molecule has 1 saturated heterocycles. The number of para-hydroxylation sites is 1. The van der Waals surface area contributed by atoms with Crippen molar-refractivity contribution in [3.8, 4) is 5.75 Å². The first-order valence-corrected chi connectivity index (χ1v) is 7.22. The first-order chi connectivity index (χ1) is 11.1. The molecule has 0 aromatic heterocycles. The van der Waals surface area contributed by atoms with Crippen LogP contribution in [0, 0.1) is 5.82 Å². The summed E-state index contributed by atoms with van der Waals surface area (Å²) in [4.78, 5) is 12.0. The molecule has 6 heteroatoms. The molecular formula is C17H19FN2O3. The standard InChI is InChI=1S/C10H13FN2O.C7H6O2/c11-9-7-8(12)1-2-10(9)13-3-5-14-6-4-13;8-5-6-3-1-2-4-7(6)9/h1-2,7H,3-6,12H2;1-5,9H. The number of benzene rings is 2. The van der Waals surface area contributed by atoms with Crippen LogP contribution in [-0.4, -0.2) is 37.7 Å². The van der Waals surface area contributed by atoms with Crippen molar-refractivity contribution in [3.05, 3.63) is 53.8 Å². The van der Waals surface area contributed by atoms with Gasteiger partial charge in [0.25, 0.3) is 0 Å². The number of phenols is 1. The Bertz CT molecular complexity index is 658. The molecule has 23 heavy (non-hydrogen) atoms. The zero-order valence-electron chi connectivity index (χ0n) is 12.6. The number of rotatable bonds is 2. The van der Waals surface area contributed by atoms with Gasteiger partial charge in [0.15, 0.2) is 6.29 Å². The number of hydrogen-bond acceptors (Lipinski definition) is 5. The molecule has 0 saturated carbocycles. The van der Waals surface area contributed by atoms with Gasteiger partial charge in [0.05, 0.1) is 24.5 Å². The second-order valence-electron chi connectivity index (χ2n) is 4.99. The fourth-order valence-electron chi connectivity index (χ4n) is 2.17. The van der Waals surface area contributed by atoms with Gasteiger partial charge in [0, 0.05) is 18.8 Å². The molecule has 122 valence electrons. The zero-order valence-corrected chi connectivity index (χ0v) is 12.6. The topological polar surface area (TPSA) is 75.8 Å². The smallest absolute Gasteiger partial charge is 0.153 e. The number of anilines is 2. The van der Waals surface area contributed by atoms with E-state index in [2.05, 4.69) is 0 Å². The maximum atomic E-state index is 13.5. The van der Waals surface area contributed by atoms with Gasteiger partial charge in [-0.25, -0.2) is 4.39 Å². The van der Waals surface area contributed by atoms with Crippen LogP contribution in [0.4, 0.5) is 15.8 Å². The monoisotopic (exact) mass is 318 g/mol. The van der Waals surface area contributed by atoms with Crippen LogP contribution in [0.15, 0.2) is 42.5 Å². The largest absolute Gasteiger partial charge is 0.507 e. The fourth-order valence-corrected chi connectivity index (χ4v) is 2.17. The molecular weight excluding hydrogens is 299 g/mol. The van der Waals surface area contributed by atoms with Gasteiger partial charge in [-0.1, -0.05) is 12.1 Å². The Kier molecular flexibility index (Phi) is 5.94. The SMILES string of the molecule is Nc1ccc(N2CCOCC2)c(F)c1.O=Cc1ccccc1O. The molecule has 0 amide bonds. The quantitative estimate of drug-likeness (QED) is 0.657. The summed E-state index contributed by atoms with van der Waals surface area (Å²) in [7, 11) is 0. The Balaban J connectivity index is 0.000000185. The van der Waals surface area contributed by atoms with Crippen molar-refractivity contribution in [1.82, 2.24) is 0 Å². The number of carbonyl (C=O) groups is 1. The van der Waals surface area contributed by atoms with Gasteiger partial charge in [-0.3, -0.25) is 4.79 Å². The number of nitrogen functional groups attached to an aromatic ring is 1. The third kappa shape index (κ3) is 4.69. The summed E-state index contributed by atoms with van der Waals surface area (Å²) in [5.41, 5.74) is 6.88. The van der Waals surface area contributed by atoms with Gasteiger partial charge >= 0.3 is 0 Å². The van der Waals surface area contributed by atoms with Crippen LogP contribution in [-0.2, 0) is 4.74 Å². The lowest BCUT2D eigenvalue weighted by atomic mass is 10.2. The van der Waals surface area contributed by atoms with Crippen LogP contribution in [0.1, 0.15) is 10.4 Å². The zero-order chi connectivity index (χ0) is 16.7. The third-order valence-corrected chi connectivity index (χ3v) is 3.39. The first kappa shape index (κ1) is 16.8. The van der Waals surface area contributed by atoms with E-state index >= 15 is 0 Å². The number of hydrogen-bond donors (Lipinski definition) is 2. The van der Waals surface area contributed by atoms with E-state index in [9.17, 15) is 9.18 Å². The van der Waals surface area contributed by atoms with E-state index in [4.69, 9.17) is 15.6 Å². The van der Waals surface area contributed by atoms with Gasteiger partial charge in [-0.05, 0) is 30.3 Å². The molecule has 0 spiro atoms. The Morgan fingerprint density at radius 2 is 1.87 bits per heavy atom. The van der Waals surface area contributed by atoms with Gasteiger partial charge in [0.2, 0.25) is 0 Å². The van der Waals surface area contributed by atoms with Crippen LogP contribution in [0.2, 0.25) is 0 Å². The minimum atomic E-state index is -0.257. The summed E-state index contributed by atoms with van der Waals surface area (Å²) in [5, 5.41) is 8.88. The van der Waals surface area contributed by atoms with E-state index in [-0.39, 0.29) is 11.6 Å². The van der Waals surface area contributed by atoms with Crippen molar-refractivity contribution in [1.29, 1.82) is 0 Å². The molecule has 2 aromatic rings. The number of morpholine rings is 1. The van der Waals surface area contributed by atoms with E-state index in [0.717, 1.165) is 13.1 Å². The van der Waals surface area contributed by atoms with Crippen molar-refractivity contribution in [2.75, 3.05) is 36.9 Å². The van der Waals surface area contributed by atoms with E-state index in [0.29, 0.717) is 36.4 Å². The van der Waals surface area contributed by atoms with Crippen LogP contribution >= 0.6 is 0 Å². The van der Waals surface area contributed by atoms with Crippen LogP contribution in [0.25, 0.3) is 0 Å². The van der Waals surface area contributed by atoms with Crippen molar-refractivity contribution < 1.29 is 19.0 Å². The summed E-state index contributed by atoms with van der Waals surface area (Å²) in [5.74, 6) is -0.223. The van der Waals surface area contributed by atoms with E-state index in [1.54, 1.807) is 30.3 Å². The molecule has 0 aliphatic carbocycles. The maximum absolute atomic E-state index is 13.5. The van der Waals surface area contributed by atoms with Gasteiger partial charge in [-0.15, -0.1) is 0 Å². The molecule has 1 aliphatic heterocycles. The number of aromatic hydroxyl groups is 1. The molecule has 0 unspecified atom stereocenters. The molecule has 5 nitrogen and oxygen atoms in total. The minimum absolute atomic E-state index is 0.0347. The highest BCUT2D eigenvalue weighted by Gasteiger charge is 2.14. The number of aldehydes is 1. The predicted molar refractivity (Wildman–Crippen MR) is 87.3 cm³/mol. The summed E-state index contributed by atoms with van der Waals surface area (Å²) in [6.45, 7) is 2.79. The molecule has 0 bridgehead atoms. The second kappa shape index (κ2) is 8.14. The van der Waals surface area contributed by atoms with Crippen molar-refractivity contribution in [3.63, 3.8) is 0 Å². The minimum Gasteiger partial charge on any atom is -0.507 e. The number of phenolic OH excluding ortho intramolecular Hbond substituents is 1. The number of nitrogens with zero attached hydrogens (tertiary/aromatic N) is 1. The molecule has 0 radical (unpaired) electrons. The highest BCUT2D eigenvalue weighted by atomic mass is 19.1. The fraction of sp³-hybridized carbons (Fsp3) is 0.235. The van der Waals surface area contributed by atoms with Gasteiger partial charge in [-0.2, -0.15) is 0 Å². The second-order valence-corrected chi connectivity index (χ2v) is 4.99. The number of ether oxygens (including phenoxy) is 1. The van der Waals surface area contributed by atoms with Crippen LogP contribution in [0.5, 0.6) is 5.75 Å². The summed E-state index contributed by atoms with van der Waals surface area (Å²) >= 11 is 0. The lowest BCUT2D eigenvalue weighted by Crippen LogP contribution is -2.36. The molecule has 3 N–H and O–H groups in total. The Labute approximate surface area is 134 Å². The first-order valence-electron chi connectivity index (χ1n) is 7.22.